The lowest BCUT2D eigenvalue weighted by atomic mass is 10.3. The molecule has 0 bridgehead atoms. The van der Waals surface area contributed by atoms with Gasteiger partial charge < -0.3 is 4.90 Å². The summed E-state index contributed by atoms with van der Waals surface area (Å²) in [6.07, 6.45) is 1.29. The van der Waals surface area contributed by atoms with Crippen molar-refractivity contribution in [1.29, 1.82) is 0 Å². The summed E-state index contributed by atoms with van der Waals surface area (Å²) in [5.41, 5.74) is 1.14. The topological polar surface area (TPSA) is 16.1 Å². The summed E-state index contributed by atoms with van der Waals surface area (Å²) < 4.78 is 2.53. The monoisotopic (exact) mass is 250 g/mol. The van der Waals surface area contributed by atoms with E-state index in [1.165, 1.54) is 28.5 Å². The van der Waals surface area contributed by atoms with Crippen LogP contribution in [0.5, 0.6) is 0 Å². The Balaban J connectivity index is 1.79. The Morgan fingerprint density at radius 1 is 1.44 bits per heavy atom. The fourth-order valence-electron chi connectivity index (χ4n) is 2.03. The molecule has 1 aromatic heterocycles. The van der Waals surface area contributed by atoms with Gasteiger partial charge in [0, 0.05) is 11.8 Å². The summed E-state index contributed by atoms with van der Waals surface area (Å²) in [6.45, 7) is 2.42. The van der Waals surface area contributed by atoms with Gasteiger partial charge in [-0.15, -0.1) is 11.3 Å². The highest BCUT2D eigenvalue weighted by Gasteiger charge is 2.21. The van der Waals surface area contributed by atoms with Crippen LogP contribution in [0.2, 0.25) is 0 Å². The van der Waals surface area contributed by atoms with E-state index in [-0.39, 0.29) is 0 Å². The first-order chi connectivity index (χ1) is 7.81. The van der Waals surface area contributed by atoms with Gasteiger partial charge in [0.1, 0.15) is 0 Å². The zero-order valence-electron chi connectivity index (χ0n) is 9.22. The standard InChI is InChI=1S/C12H14N2S2/c1-14-7-6-9(8-14)15-12-13-10-4-2-3-5-11(10)16-12/h2-5,9H,6-8H2,1H3. The van der Waals surface area contributed by atoms with Crippen LogP contribution < -0.4 is 0 Å². The highest BCUT2D eigenvalue weighted by Crippen LogP contribution is 2.34. The van der Waals surface area contributed by atoms with Gasteiger partial charge in [0.15, 0.2) is 4.34 Å². The van der Waals surface area contributed by atoms with E-state index in [2.05, 4.69) is 41.2 Å². The Morgan fingerprint density at radius 3 is 3.06 bits per heavy atom. The van der Waals surface area contributed by atoms with Gasteiger partial charge in [-0.3, -0.25) is 0 Å². The van der Waals surface area contributed by atoms with Crippen LogP contribution in [-0.2, 0) is 0 Å². The second kappa shape index (κ2) is 4.35. The Kier molecular flexibility index (Phi) is 2.88. The van der Waals surface area contributed by atoms with Gasteiger partial charge >= 0.3 is 0 Å². The molecular formula is C12H14N2S2. The number of benzene rings is 1. The largest absolute Gasteiger partial charge is 0.305 e. The van der Waals surface area contributed by atoms with Crippen molar-refractivity contribution >= 4 is 33.3 Å². The first kappa shape index (κ1) is 10.6. The van der Waals surface area contributed by atoms with Crippen LogP contribution in [0.25, 0.3) is 10.2 Å². The molecule has 1 saturated heterocycles. The molecule has 1 aliphatic rings. The summed E-state index contributed by atoms with van der Waals surface area (Å²) in [7, 11) is 2.19. The molecule has 84 valence electrons. The minimum Gasteiger partial charge on any atom is -0.305 e. The van der Waals surface area contributed by atoms with Crippen LogP contribution in [0, 0.1) is 0 Å². The maximum absolute atomic E-state index is 4.66. The summed E-state index contributed by atoms with van der Waals surface area (Å²) in [5, 5.41) is 0.727. The van der Waals surface area contributed by atoms with Crippen molar-refractivity contribution in [2.24, 2.45) is 0 Å². The van der Waals surface area contributed by atoms with Gasteiger partial charge in [0.25, 0.3) is 0 Å². The zero-order chi connectivity index (χ0) is 11.0. The Hall–Kier alpha value is -0.580. The second-order valence-corrected chi connectivity index (χ2v) is 6.82. The third-order valence-electron chi connectivity index (χ3n) is 2.89. The van der Waals surface area contributed by atoms with E-state index in [1.807, 2.05) is 23.1 Å². The van der Waals surface area contributed by atoms with Crippen molar-refractivity contribution in [3.05, 3.63) is 24.3 Å². The van der Waals surface area contributed by atoms with Gasteiger partial charge in [0.2, 0.25) is 0 Å². The maximum Gasteiger partial charge on any atom is 0.151 e. The zero-order valence-corrected chi connectivity index (χ0v) is 10.9. The highest BCUT2D eigenvalue weighted by atomic mass is 32.2. The predicted molar refractivity (Wildman–Crippen MR) is 71.4 cm³/mol. The second-order valence-electron chi connectivity index (χ2n) is 4.24. The SMILES string of the molecule is CN1CCC(Sc2nc3ccccc3s2)C1. The quantitative estimate of drug-likeness (QED) is 0.815. The minimum atomic E-state index is 0.727. The molecule has 1 aromatic carbocycles. The number of fused-ring (bicyclic) bond motifs is 1. The molecule has 1 atom stereocenters. The van der Waals surface area contributed by atoms with Crippen LogP contribution in [0.3, 0.4) is 0 Å². The van der Waals surface area contributed by atoms with Crippen molar-refractivity contribution in [3.8, 4) is 0 Å². The predicted octanol–water partition coefficient (Wildman–Crippen LogP) is 3.09. The molecule has 2 nitrogen and oxygen atoms in total. The molecule has 0 N–H and O–H groups in total. The molecule has 0 radical (unpaired) electrons. The van der Waals surface area contributed by atoms with Crippen molar-refractivity contribution < 1.29 is 0 Å². The molecule has 0 spiro atoms. The van der Waals surface area contributed by atoms with E-state index in [0.29, 0.717) is 0 Å². The lowest BCUT2D eigenvalue weighted by Gasteiger charge is -2.07. The molecule has 0 aliphatic carbocycles. The molecule has 1 fully saturated rings. The Labute approximate surface area is 104 Å². The molecule has 1 aliphatic heterocycles. The highest BCUT2D eigenvalue weighted by molar-refractivity contribution is 8.01. The summed E-state index contributed by atoms with van der Waals surface area (Å²) in [5.74, 6) is 0. The fraction of sp³-hybridized carbons (Fsp3) is 0.417. The number of nitrogens with zero attached hydrogens (tertiary/aromatic N) is 2. The van der Waals surface area contributed by atoms with Gasteiger partial charge in [-0.1, -0.05) is 23.9 Å². The van der Waals surface area contributed by atoms with E-state index >= 15 is 0 Å². The van der Waals surface area contributed by atoms with Gasteiger partial charge in [-0.2, -0.15) is 0 Å². The number of aromatic nitrogens is 1. The van der Waals surface area contributed by atoms with Crippen molar-refractivity contribution in [2.75, 3.05) is 20.1 Å². The molecule has 0 amide bonds. The summed E-state index contributed by atoms with van der Waals surface area (Å²) in [6, 6.07) is 8.38. The first-order valence-electron chi connectivity index (χ1n) is 5.52. The maximum atomic E-state index is 4.66. The van der Waals surface area contributed by atoms with E-state index in [0.717, 1.165) is 10.8 Å². The van der Waals surface area contributed by atoms with Crippen molar-refractivity contribution in [3.63, 3.8) is 0 Å². The van der Waals surface area contributed by atoms with E-state index in [4.69, 9.17) is 0 Å². The third kappa shape index (κ3) is 2.10. The Morgan fingerprint density at radius 2 is 2.31 bits per heavy atom. The lowest BCUT2D eigenvalue weighted by molar-refractivity contribution is 0.419. The van der Waals surface area contributed by atoms with Crippen LogP contribution in [0.1, 0.15) is 6.42 Å². The average Bonchev–Trinajstić information content (AvgIpc) is 2.84. The molecule has 0 saturated carbocycles. The van der Waals surface area contributed by atoms with Gasteiger partial charge in [-0.05, 0) is 32.1 Å². The summed E-state index contributed by atoms with van der Waals surface area (Å²) in [4.78, 5) is 7.06. The number of hydrogen-bond donors (Lipinski definition) is 0. The van der Waals surface area contributed by atoms with Gasteiger partial charge in [0.05, 0.1) is 10.2 Å². The molecule has 3 rings (SSSR count). The van der Waals surface area contributed by atoms with Crippen LogP contribution in [0.4, 0.5) is 0 Å². The van der Waals surface area contributed by atoms with Gasteiger partial charge in [-0.25, -0.2) is 4.98 Å². The lowest BCUT2D eigenvalue weighted by Crippen LogP contribution is -2.14. The van der Waals surface area contributed by atoms with E-state index < -0.39 is 0 Å². The van der Waals surface area contributed by atoms with E-state index in [1.54, 1.807) is 0 Å². The Bertz CT molecular complexity index is 461. The fourth-order valence-corrected chi connectivity index (χ4v) is 4.59. The number of rotatable bonds is 2. The van der Waals surface area contributed by atoms with E-state index in [9.17, 15) is 0 Å². The summed E-state index contributed by atoms with van der Waals surface area (Å²) >= 11 is 3.77. The molecule has 16 heavy (non-hydrogen) atoms. The van der Waals surface area contributed by atoms with Crippen molar-refractivity contribution in [2.45, 2.75) is 16.0 Å². The molecule has 1 unspecified atom stereocenters. The third-order valence-corrected chi connectivity index (χ3v) is 5.27. The minimum absolute atomic E-state index is 0.727. The molecule has 2 aromatic rings. The molecule has 2 heterocycles. The van der Waals surface area contributed by atoms with Crippen LogP contribution in [0.15, 0.2) is 28.6 Å². The number of likely N-dealkylation sites (tertiary alicyclic amines) is 1. The molecular weight excluding hydrogens is 236 g/mol. The molecule has 4 heteroatoms. The number of para-hydroxylation sites is 1. The number of thiazole rings is 1. The average molecular weight is 250 g/mol. The van der Waals surface area contributed by atoms with Crippen LogP contribution in [-0.4, -0.2) is 35.3 Å². The normalized spacial score (nSPS) is 21.9. The first-order valence-corrected chi connectivity index (χ1v) is 7.21. The smallest absolute Gasteiger partial charge is 0.151 e. The number of hydrogen-bond acceptors (Lipinski definition) is 4. The van der Waals surface area contributed by atoms with Crippen LogP contribution >= 0.6 is 23.1 Å². The number of thioether (sulfide) groups is 1. The van der Waals surface area contributed by atoms with Crippen molar-refractivity contribution in [1.82, 2.24) is 9.88 Å².